The predicted molar refractivity (Wildman–Crippen MR) is 87.4 cm³/mol. The van der Waals surface area contributed by atoms with E-state index in [2.05, 4.69) is 5.32 Å². The lowest BCUT2D eigenvalue weighted by Gasteiger charge is -2.23. The van der Waals surface area contributed by atoms with E-state index in [1.54, 1.807) is 19.2 Å². The minimum atomic E-state index is -0.148. The lowest BCUT2D eigenvalue weighted by atomic mass is 10.2. The van der Waals surface area contributed by atoms with Gasteiger partial charge in [-0.3, -0.25) is 4.79 Å². The highest BCUT2D eigenvalue weighted by molar-refractivity contribution is 5.94. The Morgan fingerprint density at radius 1 is 1.18 bits per heavy atom. The van der Waals surface area contributed by atoms with Gasteiger partial charge in [-0.15, -0.1) is 0 Å². The second kappa shape index (κ2) is 8.05. The van der Waals surface area contributed by atoms with Crippen molar-refractivity contribution in [2.45, 2.75) is 0 Å². The Labute approximate surface area is 130 Å². The molecule has 0 saturated carbocycles. The number of carbonyl (C=O) groups excluding carboxylic acids is 1. The monoisotopic (exact) mass is 300 g/mol. The SMILES string of the molecule is COc1cccc(NC(=O)CN(CCO)c2ccccc2)c1. The fraction of sp³-hybridized carbons (Fsp3) is 0.235. The van der Waals surface area contributed by atoms with Crippen molar-refractivity contribution in [3.8, 4) is 5.75 Å². The number of benzene rings is 2. The van der Waals surface area contributed by atoms with Crippen molar-refractivity contribution in [2.75, 3.05) is 37.0 Å². The van der Waals surface area contributed by atoms with Gasteiger partial charge in [0.1, 0.15) is 5.75 Å². The lowest BCUT2D eigenvalue weighted by Crippen LogP contribution is -2.35. The minimum absolute atomic E-state index is 0.0126. The molecule has 2 aromatic rings. The van der Waals surface area contributed by atoms with Crippen molar-refractivity contribution in [1.29, 1.82) is 0 Å². The highest BCUT2D eigenvalue weighted by Gasteiger charge is 2.11. The first-order valence-electron chi connectivity index (χ1n) is 7.07. The number of rotatable bonds is 7. The summed E-state index contributed by atoms with van der Waals surface area (Å²) in [5.41, 5.74) is 1.58. The molecule has 0 fully saturated rings. The number of anilines is 2. The molecule has 0 spiro atoms. The number of ether oxygens (including phenoxy) is 1. The topological polar surface area (TPSA) is 61.8 Å². The van der Waals surface area contributed by atoms with Gasteiger partial charge >= 0.3 is 0 Å². The van der Waals surface area contributed by atoms with Crippen LogP contribution in [0, 0.1) is 0 Å². The smallest absolute Gasteiger partial charge is 0.243 e. The summed E-state index contributed by atoms with van der Waals surface area (Å²) in [5, 5.41) is 12.0. The molecule has 5 nitrogen and oxygen atoms in total. The number of carbonyl (C=O) groups is 1. The second-order valence-corrected chi connectivity index (χ2v) is 4.76. The minimum Gasteiger partial charge on any atom is -0.497 e. The molecule has 0 heterocycles. The molecule has 1 amide bonds. The standard InChI is InChI=1S/C17H20N2O3/c1-22-16-9-5-6-14(12-16)18-17(21)13-19(10-11-20)15-7-3-2-4-8-15/h2-9,12,20H,10-11,13H2,1H3,(H,18,21). The van der Waals surface area contributed by atoms with Crippen LogP contribution in [0.5, 0.6) is 5.75 Å². The zero-order chi connectivity index (χ0) is 15.8. The van der Waals surface area contributed by atoms with Crippen LogP contribution in [0.15, 0.2) is 54.6 Å². The Hall–Kier alpha value is -2.53. The van der Waals surface area contributed by atoms with Crippen LogP contribution in [0.2, 0.25) is 0 Å². The molecule has 2 N–H and O–H groups in total. The van der Waals surface area contributed by atoms with Gasteiger partial charge in [-0.05, 0) is 24.3 Å². The molecule has 0 radical (unpaired) electrons. The molecule has 0 aliphatic heterocycles. The van der Waals surface area contributed by atoms with Gasteiger partial charge in [0.2, 0.25) is 5.91 Å². The molecule has 0 saturated heterocycles. The van der Waals surface area contributed by atoms with Crippen molar-refractivity contribution in [1.82, 2.24) is 0 Å². The first kappa shape index (κ1) is 15.9. The van der Waals surface area contributed by atoms with Gasteiger partial charge in [0.05, 0.1) is 20.3 Å². The Bertz CT molecular complexity index is 602. The molecular weight excluding hydrogens is 280 g/mol. The Kier molecular flexibility index (Phi) is 5.80. The van der Waals surface area contributed by atoms with Crippen LogP contribution in [-0.4, -0.2) is 37.8 Å². The third-order valence-corrected chi connectivity index (χ3v) is 3.18. The molecule has 116 valence electrons. The summed E-state index contributed by atoms with van der Waals surface area (Å²) in [5.74, 6) is 0.540. The number of methoxy groups -OCH3 is 1. The molecule has 0 aromatic heterocycles. The van der Waals surface area contributed by atoms with Gasteiger partial charge in [0.25, 0.3) is 0 Å². The van der Waals surface area contributed by atoms with Crippen molar-refractivity contribution >= 4 is 17.3 Å². The molecule has 0 aliphatic rings. The van der Waals surface area contributed by atoms with Crippen LogP contribution in [0.25, 0.3) is 0 Å². The fourth-order valence-corrected chi connectivity index (χ4v) is 2.13. The van der Waals surface area contributed by atoms with E-state index in [1.807, 2.05) is 47.4 Å². The van der Waals surface area contributed by atoms with E-state index >= 15 is 0 Å². The summed E-state index contributed by atoms with van der Waals surface area (Å²) in [6, 6.07) is 16.7. The average Bonchev–Trinajstić information content (AvgIpc) is 2.55. The molecule has 2 aromatic carbocycles. The summed E-state index contributed by atoms with van der Waals surface area (Å²) in [6.45, 7) is 0.554. The normalized spacial score (nSPS) is 10.1. The first-order valence-corrected chi connectivity index (χ1v) is 7.07. The van der Waals surface area contributed by atoms with Crippen LogP contribution in [0.4, 0.5) is 11.4 Å². The Morgan fingerprint density at radius 2 is 1.95 bits per heavy atom. The number of amides is 1. The fourth-order valence-electron chi connectivity index (χ4n) is 2.13. The highest BCUT2D eigenvalue weighted by atomic mass is 16.5. The molecular formula is C17H20N2O3. The first-order chi connectivity index (χ1) is 10.7. The lowest BCUT2D eigenvalue weighted by molar-refractivity contribution is -0.115. The van der Waals surface area contributed by atoms with E-state index in [-0.39, 0.29) is 19.1 Å². The number of nitrogens with zero attached hydrogens (tertiary/aromatic N) is 1. The van der Waals surface area contributed by atoms with Crippen LogP contribution in [0.3, 0.4) is 0 Å². The summed E-state index contributed by atoms with van der Waals surface area (Å²) in [4.78, 5) is 14.0. The highest BCUT2D eigenvalue weighted by Crippen LogP contribution is 2.17. The molecule has 0 atom stereocenters. The van der Waals surface area contributed by atoms with E-state index in [0.29, 0.717) is 18.0 Å². The van der Waals surface area contributed by atoms with Crippen molar-refractivity contribution in [3.05, 3.63) is 54.6 Å². The summed E-state index contributed by atoms with van der Waals surface area (Å²) >= 11 is 0. The van der Waals surface area contributed by atoms with E-state index in [9.17, 15) is 9.90 Å². The van der Waals surface area contributed by atoms with Gasteiger partial charge in [0, 0.05) is 24.0 Å². The van der Waals surface area contributed by atoms with Gasteiger partial charge in [-0.2, -0.15) is 0 Å². The maximum absolute atomic E-state index is 12.2. The van der Waals surface area contributed by atoms with Crippen LogP contribution in [0.1, 0.15) is 0 Å². The number of aliphatic hydroxyl groups excluding tert-OH is 1. The number of hydrogen-bond donors (Lipinski definition) is 2. The molecule has 22 heavy (non-hydrogen) atoms. The number of hydrogen-bond acceptors (Lipinski definition) is 4. The van der Waals surface area contributed by atoms with Gasteiger partial charge in [0.15, 0.2) is 0 Å². The van der Waals surface area contributed by atoms with E-state index < -0.39 is 0 Å². The predicted octanol–water partition coefficient (Wildman–Crippen LogP) is 2.13. The van der Waals surface area contributed by atoms with Crippen molar-refractivity contribution in [3.63, 3.8) is 0 Å². The quantitative estimate of drug-likeness (QED) is 0.822. The summed E-state index contributed by atoms with van der Waals surface area (Å²) < 4.78 is 5.13. The summed E-state index contributed by atoms with van der Waals surface area (Å²) in [6.07, 6.45) is 0. The van der Waals surface area contributed by atoms with Crippen LogP contribution >= 0.6 is 0 Å². The number of nitrogens with one attached hydrogen (secondary N) is 1. The number of aliphatic hydroxyl groups is 1. The Morgan fingerprint density at radius 3 is 2.64 bits per heavy atom. The van der Waals surface area contributed by atoms with Crippen molar-refractivity contribution in [2.24, 2.45) is 0 Å². The Balaban J connectivity index is 2.02. The van der Waals surface area contributed by atoms with E-state index in [1.165, 1.54) is 0 Å². The van der Waals surface area contributed by atoms with E-state index in [4.69, 9.17) is 4.74 Å². The molecule has 5 heteroatoms. The maximum Gasteiger partial charge on any atom is 0.243 e. The molecule has 0 aliphatic carbocycles. The van der Waals surface area contributed by atoms with Gasteiger partial charge < -0.3 is 20.1 Å². The zero-order valence-electron chi connectivity index (χ0n) is 12.5. The molecule has 0 bridgehead atoms. The van der Waals surface area contributed by atoms with Crippen LogP contribution in [-0.2, 0) is 4.79 Å². The third kappa shape index (κ3) is 4.49. The average molecular weight is 300 g/mol. The zero-order valence-corrected chi connectivity index (χ0v) is 12.5. The summed E-state index contributed by atoms with van der Waals surface area (Å²) in [7, 11) is 1.58. The number of para-hydroxylation sites is 1. The second-order valence-electron chi connectivity index (χ2n) is 4.76. The van der Waals surface area contributed by atoms with Gasteiger partial charge in [-0.1, -0.05) is 24.3 Å². The molecule has 2 rings (SSSR count). The largest absolute Gasteiger partial charge is 0.497 e. The van der Waals surface area contributed by atoms with Crippen molar-refractivity contribution < 1.29 is 14.6 Å². The maximum atomic E-state index is 12.2. The van der Waals surface area contributed by atoms with E-state index in [0.717, 1.165) is 5.69 Å². The molecule has 0 unspecified atom stereocenters. The van der Waals surface area contributed by atoms with Gasteiger partial charge in [-0.25, -0.2) is 0 Å². The van der Waals surface area contributed by atoms with Crippen LogP contribution < -0.4 is 15.0 Å². The third-order valence-electron chi connectivity index (χ3n) is 3.18.